The zero-order valence-corrected chi connectivity index (χ0v) is 22.5. The van der Waals surface area contributed by atoms with Crippen LogP contribution in [0.3, 0.4) is 0 Å². The van der Waals surface area contributed by atoms with Crippen molar-refractivity contribution in [3.05, 3.63) is 133 Å². The van der Waals surface area contributed by atoms with Gasteiger partial charge in [-0.15, -0.1) is 0 Å². The molecule has 4 aromatic rings. The maximum absolute atomic E-state index is 3.59. The van der Waals surface area contributed by atoms with Gasteiger partial charge >= 0.3 is 193 Å². The summed E-state index contributed by atoms with van der Waals surface area (Å²) < 4.78 is 6.09. The van der Waals surface area contributed by atoms with Gasteiger partial charge in [-0.05, 0) is 0 Å². The predicted molar refractivity (Wildman–Crippen MR) is 142 cm³/mol. The molecule has 0 aliphatic rings. The molecule has 0 aromatic heterocycles. The van der Waals surface area contributed by atoms with Crippen molar-refractivity contribution in [3.8, 4) is 0 Å². The van der Waals surface area contributed by atoms with Gasteiger partial charge in [0.25, 0.3) is 0 Å². The summed E-state index contributed by atoms with van der Waals surface area (Å²) in [6.45, 7) is 7.36. The average Bonchev–Trinajstić information content (AvgIpc) is 2.81. The molecule has 0 nitrogen and oxygen atoms in total. The third-order valence-electron chi connectivity index (χ3n) is 5.69. The molecule has 0 N–H and O–H groups in total. The normalized spacial score (nSPS) is 12.5. The molecule has 0 spiro atoms. The summed E-state index contributed by atoms with van der Waals surface area (Å²) in [5, 5.41) is 0. The van der Waals surface area contributed by atoms with Crippen molar-refractivity contribution in [1.82, 2.24) is 0 Å². The van der Waals surface area contributed by atoms with E-state index in [9.17, 15) is 0 Å². The van der Waals surface area contributed by atoms with E-state index in [-0.39, 0.29) is 0 Å². The van der Waals surface area contributed by atoms with Gasteiger partial charge in [0.15, 0.2) is 0 Å². The topological polar surface area (TPSA) is 0 Å². The van der Waals surface area contributed by atoms with E-state index in [0.29, 0.717) is 0 Å². The van der Waals surface area contributed by atoms with Crippen LogP contribution >= 0.6 is 0 Å². The quantitative estimate of drug-likeness (QED) is 0.285. The molecule has 4 rings (SSSR count). The first-order valence-electron chi connectivity index (χ1n) is 11.0. The van der Waals surface area contributed by atoms with Crippen LogP contribution in [0, 0.1) is 0 Å². The Hall–Kier alpha value is -2.36. The Morgan fingerprint density at radius 2 is 0.839 bits per heavy atom. The van der Waals surface area contributed by atoms with Crippen molar-refractivity contribution in [1.29, 1.82) is 0 Å². The summed E-state index contributed by atoms with van der Waals surface area (Å²) in [6.07, 6.45) is 0. The Morgan fingerprint density at radius 3 is 1.16 bits per heavy atom. The molecule has 0 saturated heterocycles. The van der Waals surface area contributed by atoms with Gasteiger partial charge < -0.3 is 0 Å². The molecular weight excluding hydrogens is 495 g/mol. The van der Waals surface area contributed by atoms with Crippen LogP contribution in [0.2, 0.25) is 19.6 Å². The average molecular weight is 525 g/mol. The number of rotatable bonds is 6. The first kappa shape index (κ1) is 21.9. The van der Waals surface area contributed by atoms with Gasteiger partial charge in [0.2, 0.25) is 0 Å². The van der Waals surface area contributed by atoms with Gasteiger partial charge in [0, 0.05) is 0 Å². The van der Waals surface area contributed by atoms with E-state index in [4.69, 9.17) is 0 Å². The zero-order chi connectivity index (χ0) is 21.7. The maximum atomic E-state index is 2.69. The first-order chi connectivity index (χ1) is 15.0. The zero-order valence-electron chi connectivity index (χ0n) is 18.6. The van der Waals surface area contributed by atoms with E-state index in [0.717, 1.165) is 0 Å². The van der Waals surface area contributed by atoms with Gasteiger partial charge in [-0.2, -0.15) is 0 Å². The van der Waals surface area contributed by atoms with Crippen LogP contribution in [0.15, 0.2) is 127 Å². The summed E-state index contributed by atoms with van der Waals surface area (Å²) in [5.74, 6) is 0. The Kier molecular flexibility index (Phi) is 6.64. The van der Waals surface area contributed by atoms with Crippen LogP contribution in [0.4, 0.5) is 0 Å². The first-order valence-corrected chi connectivity index (χ1v) is 20.3. The van der Waals surface area contributed by atoms with Crippen molar-refractivity contribution in [3.63, 3.8) is 0 Å². The summed E-state index contributed by atoms with van der Waals surface area (Å²) in [7, 11) is -1.52. The standard InChI is InChI=1S/C11H15Si.3C6H5.Sn/c1-12(2,3)10-9-11-7-5-4-6-8-11;3*1-2-4-6-5-3-1;/h4-8,10H,1-3H3;3*1-5H;. The van der Waals surface area contributed by atoms with Gasteiger partial charge in [0.1, 0.15) is 0 Å². The van der Waals surface area contributed by atoms with Gasteiger partial charge in [-0.1, -0.05) is 0 Å². The third kappa shape index (κ3) is 4.63. The van der Waals surface area contributed by atoms with Gasteiger partial charge in [0.05, 0.1) is 0 Å². The minimum atomic E-state index is -3.59. The van der Waals surface area contributed by atoms with E-state index in [2.05, 4.69) is 147 Å². The monoisotopic (exact) mass is 526 g/mol. The Labute approximate surface area is 192 Å². The second-order valence-corrected chi connectivity index (χ2v) is 24.9. The van der Waals surface area contributed by atoms with E-state index in [1.54, 1.807) is 3.59 Å². The molecule has 154 valence electrons. The van der Waals surface area contributed by atoms with Crippen LogP contribution in [-0.2, 0) is 0 Å². The van der Waals surface area contributed by atoms with Crippen molar-refractivity contribution in [2.45, 2.75) is 19.6 Å². The van der Waals surface area contributed by atoms with E-state index in [1.165, 1.54) is 16.3 Å². The second-order valence-electron chi connectivity index (χ2n) is 9.14. The van der Waals surface area contributed by atoms with Crippen molar-refractivity contribution >= 4 is 40.8 Å². The molecule has 0 radical (unpaired) electrons. The van der Waals surface area contributed by atoms with E-state index < -0.39 is 26.5 Å². The summed E-state index contributed by atoms with van der Waals surface area (Å²) >= 11 is -3.59. The molecule has 0 atom stereocenters. The number of benzene rings is 4. The summed E-state index contributed by atoms with van der Waals surface area (Å²) in [5.41, 5.74) is 4.06. The fourth-order valence-corrected chi connectivity index (χ4v) is 24.5. The van der Waals surface area contributed by atoms with Crippen LogP contribution < -0.4 is 10.7 Å². The van der Waals surface area contributed by atoms with Crippen molar-refractivity contribution < 1.29 is 0 Å². The fraction of sp³-hybridized carbons (Fsp3) is 0.103. The molecule has 0 amide bonds. The van der Waals surface area contributed by atoms with E-state index >= 15 is 0 Å². The molecule has 2 heteroatoms. The molecule has 0 unspecified atom stereocenters. The SMILES string of the molecule is C[Si](C)(C)/C=[C](/c1ccccc1)[Sn]([c]1ccccc1)([c]1ccccc1)[c]1ccccc1. The van der Waals surface area contributed by atoms with Crippen LogP contribution in [0.25, 0.3) is 3.59 Å². The molecule has 31 heavy (non-hydrogen) atoms. The number of hydrogen-bond donors (Lipinski definition) is 0. The fourth-order valence-electron chi connectivity index (χ4n) is 4.49. The van der Waals surface area contributed by atoms with Crippen molar-refractivity contribution in [2.24, 2.45) is 0 Å². The molecule has 0 bridgehead atoms. The molecule has 0 heterocycles. The molecule has 0 aliphatic heterocycles. The van der Waals surface area contributed by atoms with Crippen LogP contribution in [0.5, 0.6) is 0 Å². The third-order valence-corrected chi connectivity index (χ3v) is 21.5. The van der Waals surface area contributed by atoms with Crippen molar-refractivity contribution in [2.75, 3.05) is 0 Å². The Morgan fingerprint density at radius 1 is 0.516 bits per heavy atom. The Bertz CT molecular complexity index is 1030. The van der Waals surface area contributed by atoms with Gasteiger partial charge in [-0.3, -0.25) is 0 Å². The second kappa shape index (κ2) is 9.41. The van der Waals surface area contributed by atoms with Gasteiger partial charge in [-0.25, -0.2) is 0 Å². The molecule has 0 saturated carbocycles. The van der Waals surface area contributed by atoms with E-state index in [1.807, 2.05) is 0 Å². The minimum absolute atomic E-state index is 1.37. The summed E-state index contributed by atoms with van der Waals surface area (Å²) in [6, 6.07) is 45.0. The Balaban J connectivity index is 2.19. The molecule has 0 fully saturated rings. The molecule has 4 aromatic carbocycles. The predicted octanol–water partition coefficient (Wildman–Crippen LogP) is 5.66. The molecule has 0 aliphatic carbocycles. The molecular formula is C29H30SiSn. The van der Waals surface area contributed by atoms with Crippen LogP contribution in [0.1, 0.15) is 5.56 Å². The van der Waals surface area contributed by atoms with Crippen LogP contribution in [-0.4, -0.2) is 26.5 Å². The summed E-state index contributed by atoms with van der Waals surface area (Å²) in [4.78, 5) is 0. The number of hydrogen-bond acceptors (Lipinski definition) is 0.